The van der Waals surface area contributed by atoms with Crippen LogP contribution >= 0.6 is 0 Å². The Kier molecular flexibility index (Phi) is 3.23. The second-order valence-corrected chi connectivity index (χ2v) is 6.56. The molecule has 0 radical (unpaired) electrons. The highest BCUT2D eigenvalue weighted by atomic mass is 32.2. The molecule has 6 nitrogen and oxygen atoms in total. The third kappa shape index (κ3) is 2.19. The quantitative estimate of drug-likeness (QED) is 0.905. The standard InChI is InChI=1S/C13H15N3O3S/c1-10-13(8-14-15-10)20(17,18)16-6-7-19-12-5-3-2-4-11(12)9-16/h2-5,8H,6-7,9H2,1H3,(H,14,15). The molecular weight excluding hydrogens is 278 g/mol. The Labute approximate surface area is 117 Å². The van der Waals surface area contributed by atoms with E-state index in [9.17, 15) is 8.42 Å². The summed E-state index contributed by atoms with van der Waals surface area (Å²) in [6.07, 6.45) is 1.35. The maximum Gasteiger partial charge on any atom is 0.246 e. The van der Waals surface area contributed by atoms with E-state index in [-0.39, 0.29) is 4.90 Å². The van der Waals surface area contributed by atoms with Crippen LogP contribution < -0.4 is 4.74 Å². The topological polar surface area (TPSA) is 75.3 Å². The Balaban J connectivity index is 1.98. The molecule has 1 aliphatic rings. The van der Waals surface area contributed by atoms with Gasteiger partial charge in [-0.25, -0.2) is 8.42 Å². The zero-order valence-electron chi connectivity index (χ0n) is 11.0. The summed E-state index contributed by atoms with van der Waals surface area (Å²) in [6, 6.07) is 7.49. The first-order valence-electron chi connectivity index (χ1n) is 6.30. The van der Waals surface area contributed by atoms with Gasteiger partial charge in [-0.15, -0.1) is 0 Å². The van der Waals surface area contributed by atoms with Gasteiger partial charge in [0.05, 0.1) is 11.9 Å². The van der Waals surface area contributed by atoms with Crippen molar-refractivity contribution >= 4 is 10.0 Å². The minimum atomic E-state index is -3.56. The average molecular weight is 293 g/mol. The third-order valence-corrected chi connectivity index (χ3v) is 5.28. The SMILES string of the molecule is Cc1[nH]ncc1S(=O)(=O)N1CCOc2ccccc2C1. The molecule has 106 valence electrons. The minimum absolute atomic E-state index is 0.219. The lowest BCUT2D eigenvalue weighted by Crippen LogP contribution is -2.32. The molecule has 2 heterocycles. The highest BCUT2D eigenvalue weighted by Gasteiger charge is 2.29. The molecule has 0 aliphatic carbocycles. The van der Waals surface area contributed by atoms with Gasteiger partial charge in [-0.05, 0) is 13.0 Å². The van der Waals surface area contributed by atoms with Gasteiger partial charge in [-0.3, -0.25) is 5.10 Å². The summed E-state index contributed by atoms with van der Waals surface area (Å²) in [4.78, 5) is 0.219. The predicted octanol–water partition coefficient (Wildman–Crippen LogP) is 1.30. The fourth-order valence-electron chi connectivity index (χ4n) is 2.25. The van der Waals surface area contributed by atoms with Crippen LogP contribution in [0.1, 0.15) is 11.3 Å². The molecule has 1 aromatic carbocycles. The fraction of sp³-hybridized carbons (Fsp3) is 0.308. The van der Waals surface area contributed by atoms with Crippen molar-refractivity contribution in [1.82, 2.24) is 14.5 Å². The summed E-state index contributed by atoms with van der Waals surface area (Å²) in [7, 11) is -3.56. The van der Waals surface area contributed by atoms with Crippen molar-refractivity contribution in [1.29, 1.82) is 0 Å². The van der Waals surface area contributed by atoms with Gasteiger partial charge in [-0.1, -0.05) is 18.2 Å². The van der Waals surface area contributed by atoms with Crippen molar-refractivity contribution in [3.05, 3.63) is 41.7 Å². The van der Waals surface area contributed by atoms with Gasteiger partial charge in [0.25, 0.3) is 0 Å². The first-order chi connectivity index (χ1) is 9.59. The van der Waals surface area contributed by atoms with Crippen molar-refractivity contribution in [3.63, 3.8) is 0 Å². The smallest absolute Gasteiger partial charge is 0.246 e. The number of sulfonamides is 1. The van der Waals surface area contributed by atoms with Crippen LogP contribution in [-0.2, 0) is 16.6 Å². The van der Waals surface area contributed by atoms with Crippen molar-refractivity contribution in [2.24, 2.45) is 0 Å². The zero-order chi connectivity index (χ0) is 14.2. The van der Waals surface area contributed by atoms with Crippen LogP contribution in [-0.4, -0.2) is 36.1 Å². The molecule has 1 N–H and O–H groups in total. The van der Waals surface area contributed by atoms with E-state index >= 15 is 0 Å². The second-order valence-electron chi connectivity index (χ2n) is 4.65. The Morgan fingerprint density at radius 2 is 2.15 bits per heavy atom. The van der Waals surface area contributed by atoms with Gasteiger partial charge in [0.2, 0.25) is 10.0 Å². The summed E-state index contributed by atoms with van der Waals surface area (Å²) in [5.41, 5.74) is 1.41. The van der Waals surface area contributed by atoms with E-state index in [1.807, 2.05) is 24.3 Å². The number of aromatic nitrogens is 2. The largest absolute Gasteiger partial charge is 0.492 e. The summed E-state index contributed by atoms with van der Waals surface area (Å²) >= 11 is 0. The minimum Gasteiger partial charge on any atom is -0.492 e. The molecule has 0 bridgehead atoms. The zero-order valence-corrected chi connectivity index (χ0v) is 11.9. The van der Waals surface area contributed by atoms with E-state index in [2.05, 4.69) is 10.2 Å². The number of hydrogen-bond acceptors (Lipinski definition) is 4. The molecule has 1 aliphatic heterocycles. The van der Waals surface area contributed by atoms with E-state index in [0.29, 0.717) is 25.4 Å². The second kappa shape index (κ2) is 4.92. The number of para-hydroxylation sites is 1. The van der Waals surface area contributed by atoms with Crippen LogP contribution in [0.4, 0.5) is 0 Å². The van der Waals surface area contributed by atoms with Crippen molar-refractivity contribution in [2.75, 3.05) is 13.2 Å². The first kappa shape index (κ1) is 13.1. The van der Waals surface area contributed by atoms with Crippen LogP contribution in [0.25, 0.3) is 0 Å². The number of aromatic amines is 1. The maximum absolute atomic E-state index is 12.6. The molecule has 0 saturated carbocycles. The number of rotatable bonds is 2. The molecule has 7 heteroatoms. The van der Waals surface area contributed by atoms with Gasteiger partial charge in [0.15, 0.2) is 0 Å². The van der Waals surface area contributed by atoms with E-state index in [0.717, 1.165) is 11.3 Å². The molecule has 2 aromatic rings. The Morgan fingerprint density at radius 1 is 1.35 bits per heavy atom. The highest BCUT2D eigenvalue weighted by Crippen LogP contribution is 2.26. The summed E-state index contributed by atoms with van der Waals surface area (Å²) in [5, 5.41) is 6.45. The summed E-state index contributed by atoms with van der Waals surface area (Å²) in [6.45, 7) is 2.67. The van der Waals surface area contributed by atoms with Crippen molar-refractivity contribution in [2.45, 2.75) is 18.4 Å². The molecule has 0 saturated heterocycles. The molecule has 1 aromatic heterocycles. The van der Waals surface area contributed by atoms with Crippen LogP contribution in [0, 0.1) is 6.92 Å². The molecule has 20 heavy (non-hydrogen) atoms. The lowest BCUT2D eigenvalue weighted by atomic mass is 10.2. The molecule has 0 atom stereocenters. The van der Waals surface area contributed by atoms with E-state index in [4.69, 9.17) is 4.74 Å². The summed E-state index contributed by atoms with van der Waals surface area (Å²) < 4.78 is 32.3. The molecule has 0 unspecified atom stereocenters. The number of nitrogens with one attached hydrogen (secondary N) is 1. The number of fused-ring (bicyclic) bond motifs is 1. The van der Waals surface area contributed by atoms with Gasteiger partial charge in [-0.2, -0.15) is 9.40 Å². The third-order valence-electron chi connectivity index (χ3n) is 3.32. The van der Waals surface area contributed by atoms with Gasteiger partial charge in [0, 0.05) is 18.7 Å². The Bertz CT molecular complexity index is 724. The Morgan fingerprint density at radius 3 is 2.90 bits per heavy atom. The molecule has 0 spiro atoms. The van der Waals surface area contributed by atoms with E-state index in [1.54, 1.807) is 6.92 Å². The molecule has 0 fully saturated rings. The van der Waals surface area contributed by atoms with Gasteiger partial charge < -0.3 is 4.74 Å². The number of H-pyrrole nitrogens is 1. The van der Waals surface area contributed by atoms with Gasteiger partial charge >= 0.3 is 0 Å². The van der Waals surface area contributed by atoms with Crippen LogP contribution in [0.3, 0.4) is 0 Å². The van der Waals surface area contributed by atoms with E-state index in [1.165, 1.54) is 10.5 Å². The highest BCUT2D eigenvalue weighted by molar-refractivity contribution is 7.89. The van der Waals surface area contributed by atoms with Gasteiger partial charge in [0.1, 0.15) is 17.3 Å². The Hall–Kier alpha value is -1.86. The average Bonchev–Trinajstić information content (AvgIpc) is 2.74. The summed E-state index contributed by atoms with van der Waals surface area (Å²) in [5.74, 6) is 0.745. The van der Waals surface area contributed by atoms with E-state index < -0.39 is 10.0 Å². The lowest BCUT2D eigenvalue weighted by Gasteiger charge is -2.18. The van der Waals surface area contributed by atoms with Crippen LogP contribution in [0.15, 0.2) is 35.4 Å². The van der Waals surface area contributed by atoms with Crippen molar-refractivity contribution < 1.29 is 13.2 Å². The monoisotopic (exact) mass is 293 g/mol. The first-order valence-corrected chi connectivity index (χ1v) is 7.74. The molecule has 0 amide bonds. The number of benzene rings is 1. The maximum atomic E-state index is 12.6. The number of hydrogen-bond donors (Lipinski definition) is 1. The van der Waals surface area contributed by atoms with Crippen LogP contribution in [0.5, 0.6) is 5.75 Å². The number of aryl methyl sites for hydroxylation is 1. The number of ether oxygens (including phenoxy) is 1. The lowest BCUT2D eigenvalue weighted by molar-refractivity contribution is 0.293. The number of nitrogens with zero attached hydrogens (tertiary/aromatic N) is 2. The normalized spacial score (nSPS) is 16.2. The fourth-order valence-corrected chi connectivity index (χ4v) is 3.77. The van der Waals surface area contributed by atoms with Crippen LogP contribution in [0.2, 0.25) is 0 Å². The van der Waals surface area contributed by atoms with Crippen molar-refractivity contribution in [3.8, 4) is 5.75 Å². The molecule has 3 rings (SSSR count). The molecular formula is C13H15N3O3S. The predicted molar refractivity (Wildman–Crippen MR) is 72.9 cm³/mol.